The van der Waals surface area contributed by atoms with Crippen molar-refractivity contribution in [1.29, 1.82) is 0 Å². The fourth-order valence-corrected chi connectivity index (χ4v) is 8.19. The van der Waals surface area contributed by atoms with Gasteiger partial charge in [-0.15, -0.1) is 0 Å². The fraction of sp³-hybridized carbons (Fsp3) is 0.382. The smallest absolute Gasteiger partial charge is 0.160 e. The number of aldehydes is 1. The van der Waals surface area contributed by atoms with Crippen molar-refractivity contribution in [3.8, 4) is 0 Å². The normalized spacial score (nSPS) is 13.6. The Balaban J connectivity index is 0.000000443. The van der Waals surface area contributed by atoms with Gasteiger partial charge < -0.3 is 5.73 Å². The SMILES string of the molecule is CC(=N[S@](=O)C(C)(C)C)c1ccc(Br)c(C)c1.CC(=O)c1ccc(Br)c(C)c1.Cc1cc([C@H](C)N)ccc1Br.Cc1cc([C@H](C)N=CC=O)ccc1Br.Cc1cc([C@H](C)N[S@](=O)C(C)(C)C)ccc1Br. The summed E-state index contributed by atoms with van der Waals surface area (Å²) >= 11 is 17.2. The van der Waals surface area contributed by atoms with Crippen LogP contribution in [0.3, 0.4) is 0 Å². The number of aliphatic imine (C=N–C) groups is 1. The van der Waals surface area contributed by atoms with Gasteiger partial charge in [0.15, 0.2) is 12.1 Å². The van der Waals surface area contributed by atoms with Crippen molar-refractivity contribution < 1.29 is 18.0 Å². The molecule has 0 unspecified atom stereocenters. The molecule has 3 N–H and O–H groups in total. The molecule has 0 aliphatic rings. The highest BCUT2D eigenvalue weighted by Crippen LogP contribution is 2.25. The lowest BCUT2D eigenvalue weighted by atomic mass is 10.1. The summed E-state index contributed by atoms with van der Waals surface area (Å²) < 4.78 is 36.2. The highest BCUT2D eigenvalue weighted by molar-refractivity contribution is 9.11. The van der Waals surface area contributed by atoms with Crippen LogP contribution in [0.1, 0.15) is 155 Å². The molecule has 0 radical (unpaired) electrons. The van der Waals surface area contributed by atoms with E-state index in [1.807, 2.05) is 157 Å². The van der Waals surface area contributed by atoms with Gasteiger partial charge in [-0.25, -0.2) is 13.1 Å². The van der Waals surface area contributed by atoms with Gasteiger partial charge in [0.25, 0.3) is 0 Å². The molecular formula is C55H71Br5N4O4S2. The van der Waals surface area contributed by atoms with E-state index in [0.29, 0.717) is 6.29 Å². The Kier molecular flexibility index (Phi) is 29.2. The zero-order chi connectivity index (χ0) is 53.8. The number of rotatable bonds is 10. The number of Topliss-reactive ketones (excluding diaryl/α,β-unsaturated/α-hetero) is 1. The van der Waals surface area contributed by atoms with Crippen LogP contribution >= 0.6 is 79.6 Å². The molecule has 0 aliphatic carbocycles. The lowest BCUT2D eigenvalue weighted by Gasteiger charge is -2.22. The van der Waals surface area contributed by atoms with Crippen LogP contribution < -0.4 is 10.5 Å². The van der Waals surface area contributed by atoms with E-state index in [1.165, 1.54) is 28.5 Å². The fourth-order valence-electron chi connectivity index (χ4n) is 5.52. The first-order chi connectivity index (χ1) is 32.3. The van der Waals surface area contributed by atoms with Crippen LogP contribution in [0.15, 0.2) is 123 Å². The highest BCUT2D eigenvalue weighted by atomic mass is 79.9. The summed E-state index contributed by atoms with van der Waals surface area (Å²) in [7, 11) is -2.25. The van der Waals surface area contributed by atoms with E-state index in [2.05, 4.69) is 132 Å². The van der Waals surface area contributed by atoms with Crippen LogP contribution in [0.4, 0.5) is 0 Å². The number of aryl methyl sites for hydroxylation is 5. The molecule has 70 heavy (non-hydrogen) atoms. The summed E-state index contributed by atoms with van der Waals surface area (Å²) in [4.78, 5) is 25.1. The van der Waals surface area contributed by atoms with Crippen LogP contribution in [0.2, 0.25) is 0 Å². The predicted octanol–water partition coefficient (Wildman–Crippen LogP) is 16.7. The van der Waals surface area contributed by atoms with E-state index in [-0.39, 0.29) is 33.4 Å². The summed E-state index contributed by atoms with van der Waals surface area (Å²) in [6, 6.07) is 30.3. The van der Waals surface area contributed by atoms with Crippen LogP contribution in [-0.2, 0) is 26.8 Å². The van der Waals surface area contributed by atoms with E-state index in [1.54, 1.807) is 6.92 Å². The molecule has 0 saturated carbocycles. The number of carbonyl (C=O) groups is 2. The van der Waals surface area contributed by atoms with Gasteiger partial charge in [-0.2, -0.15) is 4.40 Å². The Morgan fingerprint density at radius 3 is 1.34 bits per heavy atom. The number of hydrogen-bond acceptors (Lipinski definition) is 6. The average Bonchev–Trinajstić information content (AvgIpc) is 3.27. The maximum atomic E-state index is 12.0. The van der Waals surface area contributed by atoms with Crippen molar-refractivity contribution in [3.63, 3.8) is 0 Å². The summed E-state index contributed by atoms with van der Waals surface area (Å²) in [5.74, 6) is 0.112. The maximum absolute atomic E-state index is 12.0. The molecule has 382 valence electrons. The molecule has 5 rings (SSSR count). The van der Waals surface area contributed by atoms with Gasteiger partial charge in [-0.05, 0) is 203 Å². The lowest BCUT2D eigenvalue weighted by Crippen LogP contribution is -2.34. The van der Waals surface area contributed by atoms with Crippen LogP contribution in [0.25, 0.3) is 0 Å². The molecule has 0 spiro atoms. The number of halogens is 5. The van der Waals surface area contributed by atoms with Gasteiger partial charge in [0.2, 0.25) is 0 Å². The largest absolute Gasteiger partial charge is 0.324 e. The third-order valence-electron chi connectivity index (χ3n) is 10.1. The van der Waals surface area contributed by atoms with Crippen LogP contribution in [0, 0.1) is 34.6 Å². The summed E-state index contributed by atoms with van der Waals surface area (Å²) in [6.07, 6.45) is 1.99. The molecule has 5 aromatic rings. The van der Waals surface area contributed by atoms with E-state index in [4.69, 9.17) is 5.73 Å². The second-order valence-electron chi connectivity index (χ2n) is 18.7. The van der Waals surface area contributed by atoms with Crippen molar-refractivity contribution in [2.24, 2.45) is 15.1 Å². The Hall–Kier alpha value is -2.60. The first-order valence-corrected chi connectivity index (χ1v) is 28.7. The number of carbonyl (C=O) groups excluding carboxylic acids is 2. The lowest BCUT2D eigenvalue weighted by molar-refractivity contribution is -0.102. The van der Waals surface area contributed by atoms with Gasteiger partial charge in [0.05, 0.1) is 38.4 Å². The van der Waals surface area contributed by atoms with E-state index < -0.39 is 22.0 Å². The molecule has 0 bridgehead atoms. The van der Waals surface area contributed by atoms with Gasteiger partial charge in [0.1, 0.15) is 11.0 Å². The third-order valence-corrected chi connectivity index (χ3v) is 17.8. The monoisotopic (exact) mass is 1310 g/mol. The molecule has 8 nitrogen and oxygen atoms in total. The first kappa shape index (κ1) is 65.4. The molecule has 0 heterocycles. The number of benzene rings is 5. The highest BCUT2D eigenvalue weighted by Gasteiger charge is 2.22. The Morgan fingerprint density at radius 1 is 0.586 bits per heavy atom. The first-order valence-electron chi connectivity index (χ1n) is 22.5. The molecule has 5 aromatic carbocycles. The van der Waals surface area contributed by atoms with Gasteiger partial charge in [0, 0.05) is 40.0 Å². The zero-order valence-electron chi connectivity index (χ0n) is 43.4. The summed E-state index contributed by atoms with van der Waals surface area (Å²) in [6.45, 7) is 31.3. The minimum Gasteiger partial charge on any atom is -0.324 e. The minimum absolute atomic E-state index is 0.0343. The standard InChI is InChI=1S/C13H20BrNOS.C13H18BrNOS.C11H12BrNO.C9H12BrN.C9H9BrO/c2*1-9-8-11(6-7-12(9)14)10(2)15-17(16)13(3,4)5;1-8-7-10(3-4-11(8)12)9(2)13-5-6-14;2*1-6-5-8(7(2)11)3-4-9(6)10/h6-8,10,15H,1-5H3;6-8H,1-5H3;3-7,9H,1-2H3;3-5,7H,11H2,1-2H3;3-5H,1-2H3/t10-,17+;17-;9-;7-;/m0100./s1. The molecule has 0 aliphatic heterocycles. The van der Waals surface area contributed by atoms with Gasteiger partial charge in [-0.3, -0.25) is 14.6 Å². The number of hydrogen-bond donors (Lipinski definition) is 2. The third kappa shape index (κ3) is 24.0. The molecule has 5 atom stereocenters. The Bertz CT molecular complexity index is 2640. The van der Waals surface area contributed by atoms with Crippen molar-refractivity contribution >= 4 is 126 Å². The van der Waals surface area contributed by atoms with Crippen LogP contribution in [-0.4, -0.2) is 41.9 Å². The van der Waals surface area contributed by atoms with E-state index in [9.17, 15) is 18.0 Å². The van der Waals surface area contributed by atoms with E-state index >= 15 is 0 Å². The topological polar surface area (TPSA) is 131 Å². The molecular weight excluding hydrogens is 1240 g/mol. The molecule has 0 saturated heterocycles. The van der Waals surface area contributed by atoms with Crippen molar-refractivity contribution in [1.82, 2.24) is 4.72 Å². The number of nitrogens with zero attached hydrogens (tertiary/aromatic N) is 2. The second-order valence-corrected chi connectivity index (χ2v) is 26.8. The Morgan fingerprint density at radius 2 is 0.957 bits per heavy atom. The average molecular weight is 1320 g/mol. The molecule has 0 aromatic heterocycles. The zero-order valence-corrected chi connectivity index (χ0v) is 52.9. The minimum atomic E-state index is -1.20. The molecule has 0 amide bonds. The maximum Gasteiger partial charge on any atom is 0.160 e. The predicted molar refractivity (Wildman–Crippen MR) is 320 cm³/mol. The van der Waals surface area contributed by atoms with E-state index in [0.717, 1.165) is 61.5 Å². The number of ketones is 1. The van der Waals surface area contributed by atoms with Gasteiger partial charge >= 0.3 is 0 Å². The Labute approximate surface area is 466 Å². The van der Waals surface area contributed by atoms with Crippen LogP contribution in [0.5, 0.6) is 0 Å². The van der Waals surface area contributed by atoms with Crippen molar-refractivity contribution in [2.45, 2.75) is 138 Å². The number of nitrogens with two attached hydrogens (primary N) is 1. The quantitative estimate of drug-likeness (QED) is 0.0817. The van der Waals surface area contributed by atoms with Gasteiger partial charge in [-0.1, -0.05) is 128 Å². The number of nitrogens with one attached hydrogen (secondary N) is 1. The molecule has 0 fully saturated rings. The van der Waals surface area contributed by atoms with Crippen molar-refractivity contribution in [2.75, 3.05) is 0 Å². The van der Waals surface area contributed by atoms with Crippen molar-refractivity contribution in [3.05, 3.63) is 169 Å². The second kappa shape index (κ2) is 31.2. The molecule has 15 heteroatoms. The summed E-state index contributed by atoms with van der Waals surface area (Å²) in [5.41, 5.74) is 17.6. The summed E-state index contributed by atoms with van der Waals surface area (Å²) in [5, 5.41) is 0.